The largest absolute Gasteiger partial charge is 0.420 e. The highest BCUT2D eigenvalue weighted by atomic mass is 32.2. The Balaban J connectivity index is 1.54. The van der Waals surface area contributed by atoms with Crippen LogP contribution >= 0.6 is 11.3 Å². The Morgan fingerprint density at radius 2 is 2.00 bits per heavy atom. The standard InChI is InChI=1S/C19H21F4N7O3S2/c1-10(31)15-7-24-17(34-15)16-12(19(21,22)23)6-25-18(28-16)27-14-3-4-30(9-13(14)20)35(32,33)11-5-26-29(2)8-11/h5-8,10,13-14,31H,3-4,9H2,1-2H3,(H,25,27,28)/t10?,13-,14-/m1/s1. The van der Waals surface area contributed by atoms with Gasteiger partial charge in [0.2, 0.25) is 16.0 Å². The molecule has 1 saturated heterocycles. The minimum absolute atomic E-state index is 0.0208. The molecule has 2 N–H and O–H groups in total. The molecular weight excluding hydrogens is 514 g/mol. The number of nitrogens with one attached hydrogen (secondary N) is 1. The lowest BCUT2D eigenvalue weighted by Gasteiger charge is -2.34. The van der Waals surface area contributed by atoms with Crippen LogP contribution in [0, 0.1) is 0 Å². The van der Waals surface area contributed by atoms with Crippen LogP contribution in [0.4, 0.5) is 23.5 Å². The van der Waals surface area contributed by atoms with E-state index >= 15 is 0 Å². The Morgan fingerprint density at radius 1 is 1.26 bits per heavy atom. The Bertz CT molecular complexity index is 1310. The molecule has 1 aliphatic heterocycles. The molecular formula is C19H21F4N7O3S2. The van der Waals surface area contributed by atoms with Gasteiger partial charge in [0.15, 0.2) is 0 Å². The highest BCUT2D eigenvalue weighted by molar-refractivity contribution is 7.89. The van der Waals surface area contributed by atoms with E-state index in [0.717, 1.165) is 15.6 Å². The minimum Gasteiger partial charge on any atom is -0.388 e. The number of aromatic nitrogens is 5. The first kappa shape index (κ1) is 25.4. The molecule has 35 heavy (non-hydrogen) atoms. The lowest BCUT2D eigenvalue weighted by molar-refractivity contribution is -0.137. The zero-order valence-corrected chi connectivity index (χ0v) is 20.1. The van der Waals surface area contributed by atoms with Crippen LogP contribution in [0.1, 0.15) is 29.9 Å². The van der Waals surface area contributed by atoms with Crippen LogP contribution in [0.5, 0.6) is 0 Å². The molecule has 0 saturated carbocycles. The summed E-state index contributed by atoms with van der Waals surface area (Å²) in [5, 5.41) is 16.1. The van der Waals surface area contributed by atoms with Gasteiger partial charge in [0.05, 0.1) is 23.2 Å². The van der Waals surface area contributed by atoms with Gasteiger partial charge in [0, 0.05) is 38.7 Å². The number of aryl methyl sites for hydroxylation is 1. The average molecular weight is 536 g/mol. The van der Waals surface area contributed by atoms with Crippen molar-refractivity contribution in [3.63, 3.8) is 0 Å². The molecule has 1 unspecified atom stereocenters. The maximum atomic E-state index is 15.0. The van der Waals surface area contributed by atoms with Crippen LogP contribution in [0.2, 0.25) is 0 Å². The second kappa shape index (κ2) is 9.40. The SMILES string of the molecule is CC(O)c1cnc(-c2nc(N[C@@H]3CCN(S(=O)(=O)c4cnn(C)c4)C[C@H]3F)ncc2C(F)(F)F)s1. The molecule has 190 valence electrons. The van der Waals surface area contributed by atoms with Gasteiger partial charge < -0.3 is 10.4 Å². The molecule has 0 amide bonds. The van der Waals surface area contributed by atoms with Crippen LogP contribution < -0.4 is 5.32 Å². The zero-order chi connectivity index (χ0) is 25.5. The number of hydrogen-bond acceptors (Lipinski definition) is 9. The smallest absolute Gasteiger partial charge is 0.388 e. The topological polar surface area (TPSA) is 126 Å². The van der Waals surface area contributed by atoms with E-state index < -0.39 is 52.3 Å². The summed E-state index contributed by atoms with van der Waals surface area (Å²) < 4.78 is 83.4. The minimum atomic E-state index is -4.76. The number of anilines is 1. The number of rotatable bonds is 6. The maximum Gasteiger partial charge on any atom is 0.420 e. The Morgan fingerprint density at radius 3 is 2.57 bits per heavy atom. The second-order valence-corrected chi connectivity index (χ2v) is 11.0. The first-order valence-corrected chi connectivity index (χ1v) is 12.6. The molecule has 0 aliphatic carbocycles. The number of thiazole rings is 1. The van der Waals surface area contributed by atoms with Crippen molar-refractivity contribution in [1.82, 2.24) is 29.0 Å². The molecule has 3 atom stereocenters. The van der Waals surface area contributed by atoms with Gasteiger partial charge in [-0.05, 0) is 13.3 Å². The lowest BCUT2D eigenvalue weighted by Crippen LogP contribution is -2.50. The molecule has 3 aromatic heterocycles. The fourth-order valence-corrected chi connectivity index (χ4v) is 5.82. The van der Waals surface area contributed by atoms with E-state index in [-0.39, 0.29) is 28.8 Å². The summed E-state index contributed by atoms with van der Waals surface area (Å²) >= 11 is 0.849. The first-order chi connectivity index (χ1) is 16.4. The van der Waals surface area contributed by atoms with E-state index in [0.29, 0.717) is 11.1 Å². The fourth-order valence-electron chi connectivity index (χ4n) is 3.52. The van der Waals surface area contributed by atoms with Crippen molar-refractivity contribution in [1.29, 1.82) is 0 Å². The number of aliphatic hydroxyl groups is 1. The van der Waals surface area contributed by atoms with Gasteiger partial charge in [-0.2, -0.15) is 22.6 Å². The molecule has 1 fully saturated rings. The van der Waals surface area contributed by atoms with E-state index in [1.54, 1.807) is 7.05 Å². The normalized spacial score (nSPS) is 20.7. The summed E-state index contributed by atoms with van der Waals surface area (Å²) in [4.78, 5) is 11.9. The lowest BCUT2D eigenvalue weighted by atomic mass is 10.1. The summed E-state index contributed by atoms with van der Waals surface area (Å²) in [5.74, 6) is -0.252. The Labute approximate surface area is 201 Å². The third-order valence-corrected chi connectivity index (χ3v) is 8.36. The quantitative estimate of drug-likeness (QED) is 0.462. The van der Waals surface area contributed by atoms with Crippen molar-refractivity contribution in [3.05, 3.63) is 35.2 Å². The third-order valence-electron chi connectivity index (χ3n) is 5.37. The number of halogens is 4. The fraction of sp³-hybridized carbons (Fsp3) is 0.474. The molecule has 0 radical (unpaired) electrons. The number of piperidine rings is 1. The predicted molar refractivity (Wildman–Crippen MR) is 118 cm³/mol. The molecule has 0 spiro atoms. The molecule has 0 bridgehead atoms. The van der Waals surface area contributed by atoms with Crippen molar-refractivity contribution >= 4 is 27.3 Å². The monoisotopic (exact) mass is 535 g/mol. The van der Waals surface area contributed by atoms with Crippen molar-refractivity contribution in [2.24, 2.45) is 7.05 Å². The van der Waals surface area contributed by atoms with Crippen LogP contribution in [-0.2, 0) is 23.2 Å². The van der Waals surface area contributed by atoms with Gasteiger partial charge in [-0.3, -0.25) is 4.68 Å². The van der Waals surface area contributed by atoms with Crippen LogP contribution in [0.3, 0.4) is 0 Å². The first-order valence-electron chi connectivity index (χ1n) is 10.3. The molecule has 10 nitrogen and oxygen atoms in total. The van der Waals surface area contributed by atoms with E-state index in [1.165, 1.54) is 30.2 Å². The summed E-state index contributed by atoms with van der Waals surface area (Å²) in [6, 6.07) is -0.927. The maximum absolute atomic E-state index is 15.0. The van der Waals surface area contributed by atoms with Gasteiger partial charge in [0.1, 0.15) is 27.3 Å². The number of alkyl halides is 4. The van der Waals surface area contributed by atoms with Crippen molar-refractivity contribution in [2.75, 3.05) is 18.4 Å². The number of nitrogens with zero attached hydrogens (tertiary/aromatic N) is 6. The zero-order valence-electron chi connectivity index (χ0n) is 18.4. The number of hydrogen-bond donors (Lipinski definition) is 2. The van der Waals surface area contributed by atoms with Gasteiger partial charge in [-0.25, -0.2) is 27.8 Å². The summed E-state index contributed by atoms with van der Waals surface area (Å²) in [7, 11) is -2.38. The Hall–Kier alpha value is -2.69. The molecule has 1 aliphatic rings. The summed E-state index contributed by atoms with van der Waals surface area (Å²) in [5.41, 5.74) is -1.62. The highest BCUT2D eigenvalue weighted by Gasteiger charge is 2.38. The second-order valence-electron chi connectivity index (χ2n) is 7.97. The Kier molecular flexibility index (Phi) is 6.82. The molecule has 0 aromatic carbocycles. The third kappa shape index (κ3) is 5.29. The highest BCUT2D eigenvalue weighted by Crippen LogP contribution is 2.38. The van der Waals surface area contributed by atoms with Crippen LogP contribution in [0.15, 0.2) is 29.7 Å². The van der Waals surface area contributed by atoms with Crippen molar-refractivity contribution in [3.8, 4) is 10.7 Å². The molecule has 16 heteroatoms. The number of aliphatic hydroxyl groups excluding tert-OH is 1. The van der Waals surface area contributed by atoms with E-state index in [9.17, 15) is 31.1 Å². The van der Waals surface area contributed by atoms with Gasteiger partial charge in [0.25, 0.3) is 0 Å². The molecule has 4 rings (SSSR count). The van der Waals surface area contributed by atoms with E-state index in [1.807, 2.05) is 0 Å². The molecule has 4 heterocycles. The average Bonchev–Trinajstić information content (AvgIpc) is 3.44. The van der Waals surface area contributed by atoms with Gasteiger partial charge in [-0.1, -0.05) is 0 Å². The van der Waals surface area contributed by atoms with E-state index in [2.05, 4.69) is 25.4 Å². The van der Waals surface area contributed by atoms with Crippen molar-refractivity contribution in [2.45, 2.75) is 42.7 Å². The number of sulfonamides is 1. The predicted octanol–water partition coefficient (Wildman–Crippen LogP) is 2.62. The molecule has 3 aromatic rings. The van der Waals surface area contributed by atoms with Gasteiger partial charge >= 0.3 is 6.18 Å². The van der Waals surface area contributed by atoms with Crippen LogP contribution in [-0.4, -0.2) is 67.9 Å². The van der Waals surface area contributed by atoms with Gasteiger partial charge in [-0.15, -0.1) is 11.3 Å². The summed E-state index contributed by atoms with van der Waals surface area (Å²) in [6.45, 7) is 0.983. The van der Waals surface area contributed by atoms with E-state index in [4.69, 9.17) is 0 Å². The van der Waals surface area contributed by atoms with Crippen molar-refractivity contribution < 1.29 is 31.1 Å². The van der Waals surface area contributed by atoms with Crippen LogP contribution in [0.25, 0.3) is 10.7 Å². The summed E-state index contributed by atoms with van der Waals surface area (Å²) in [6.07, 6.45) is -3.00.